The van der Waals surface area contributed by atoms with Crippen molar-refractivity contribution in [2.45, 2.75) is 0 Å². The Morgan fingerprint density at radius 1 is 1.18 bits per heavy atom. The fraction of sp³-hybridized carbons (Fsp3) is 0.143. The Morgan fingerprint density at radius 3 is 2.71 bits per heavy atom. The third kappa shape index (κ3) is 2.87. The van der Waals surface area contributed by atoms with Gasteiger partial charge < -0.3 is 10.5 Å². The van der Waals surface area contributed by atoms with Crippen LogP contribution in [0.15, 0.2) is 53.0 Å². The molecule has 0 unspecified atom stereocenters. The van der Waals surface area contributed by atoms with E-state index in [0.717, 1.165) is 16.7 Å². The number of halogens is 1. The van der Waals surface area contributed by atoms with E-state index in [-0.39, 0.29) is 0 Å². The maximum atomic E-state index is 5.78. The smallest absolute Gasteiger partial charge is 0.127 e. The molecule has 88 valence electrons. The quantitative estimate of drug-likeness (QED) is 0.936. The fourth-order valence-corrected chi connectivity index (χ4v) is 1.95. The molecule has 2 rings (SSSR count). The highest BCUT2D eigenvalue weighted by Crippen LogP contribution is 2.25. The fourth-order valence-electron chi connectivity index (χ4n) is 1.63. The number of hydrogen-bond acceptors (Lipinski definition) is 2. The van der Waals surface area contributed by atoms with E-state index in [1.54, 1.807) is 0 Å². The normalized spacial score (nSPS) is 11.8. The SMILES string of the molecule is NCC(=CBr)COc1cccc2ccccc12. The lowest BCUT2D eigenvalue weighted by atomic mass is 10.1. The maximum Gasteiger partial charge on any atom is 0.127 e. The first-order valence-electron chi connectivity index (χ1n) is 5.44. The molecule has 0 aliphatic rings. The second kappa shape index (κ2) is 5.84. The summed E-state index contributed by atoms with van der Waals surface area (Å²) in [4.78, 5) is 1.82. The summed E-state index contributed by atoms with van der Waals surface area (Å²) in [6.07, 6.45) is 0. The summed E-state index contributed by atoms with van der Waals surface area (Å²) in [5.41, 5.74) is 6.61. The topological polar surface area (TPSA) is 35.2 Å². The Bertz CT molecular complexity index is 531. The summed E-state index contributed by atoms with van der Waals surface area (Å²) in [5, 5.41) is 2.31. The van der Waals surface area contributed by atoms with Gasteiger partial charge in [0.05, 0.1) is 0 Å². The van der Waals surface area contributed by atoms with Gasteiger partial charge in [-0.25, -0.2) is 0 Å². The molecule has 0 amide bonds. The van der Waals surface area contributed by atoms with E-state index in [1.807, 2.05) is 29.3 Å². The van der Waals surface area contributed by atoms with E-state index < -0.39 is 0 Å². The van der Waals surface area contributed by atoms with Gasteiger partial charge in [-0.05, 0) is 22.0 Å². The monoisotopic (exact) mass is 291 g/mol. The zero-order valence-corrected chi connectivity index (χ0v) is 11.0. The van der Waals surface area contributed by atoms with Gasteiger partial charge in [0.25, 0.3) is 0 Å². The highest BCUT2D eigenvalue weighted by Gasteiger charge is 2.02. The number of nitrogens with two attached hydrogens (primary N) is 1. The van der Waals surface area contributed by atoms with E-state index in [9.17, 15) is 0 Å². The van der Waals surface area contributed by atoms with E-state index in [4.69, 9.17) is 10.5 Å². The molecule has 0 bridgehead atoms. The van der Waals surface area contributed by atoms with Crippen molar-refractivity contribution in [2.75, 3.05) is 13.2 Å². The second-order valence-corrected chi connectivity index (χ2v) is 4.20. The Morgan fingerprint density at radius 2 is 1.94 bits per heavy atom. The molecule has 0 heterocycles. The molecule has 0 saturated carbocycles. The Hall–Kier alpha value is -1.32. The predicted molar refractivity (Wildman–Crippen MR) is 75.5 cm³/mol. The minimum absolute atomic E-state index is 0.496. The molecule has 0 radical (unpaired) electrons. The average molecular weight is 292 g/mol. The molecular weight excluding hydrogens is 278 g/mol. The first-order chi connectivity index (χ1) is 8.35. The van der Waals surface area contributed by atoms with Gasteiger partial charge >= 0.3 is 0 Å². The minimum Gasteiger partial charge on any atom is -0.489 e. The molecule has 2 N–H and O–H groups in total. The van der Waals surface area contributed by atoms with Crippen molar-refractivity contribution >= 4 is 26.7 Å². The second-order valence-electron chi connectivity index (χ2n) is 3.74. The van der Waals surface area contributed by atoms with Crippen molar-refractivity contribution in [3.8, 4) is 5.75 Å². The van der Waals surface area contributed by atoms with Crippen molar-refractivity contribution < 1.29 is 4.74 Å². The summed E-state index contributed by atoms with van der Waals surface area (Å²) in [5.74, 6) is 0.892. The summed E-state index contributed by atoms with van der Waals surface area (Å²) < 4.78 is 5.78. The molecule has 17 heavy (non-hydrogen) atoms. The predicted octanol–water partition coefficient (Wildman–Crippen LogP) is 3.46. The summed E-state index contributed by atoms with van der Waals surface area (Å²) >= 11 is 3.28. The van der Waals surface area contributed by atoms with Crippen molar-refractivity contribution in [3.63, 3.8) is 0 Å². The molecule has 0 aliphatic heterocycles. The van der Waals surface area contributed by atoms with Crippen LogP contribution in [0.5, 0.6) is 5.75 Å². The van der Waals surface area contributed by atoms with Gasteiger partial charge in [0.2, 0.25) is 0 Å². The lowest BCUT2D eigenvalue weighted by Crippen LogP contribution is -2.10. The summed E-state index contributed by atoms with van der Waals surface area (Å²) in [6, 6.07) is 14.2. The Labute approximate surface area is 109 Å². The van der Waals surface area contributed by atoms with Crippen LogP contribution in [0.2, 0.25) is 0 Å². The molecule has 0 spiro atoms. The van der Waals surface area contributed by atoms with Crippen LogP contribution in [0.4, 0.5) is 0 Å². The van der Waals surface area contributed by atoms with Crippen LogP contribution in [0, 0.1) is 0 Å². The largest absolute Gasteiger partial charge is 0.489 e. The van der Waals surface area contributed by atoms with Crippen LogP contribution in [-0.4, -0.2) is 13.2 Å². The van der Waals surface area contributed by atoms with Crippen LogP contribution in [0.25, 0.3) is 10.8 Å². The molecule has 2 nitrogen and oxygen atoms in total. The zero-order chi connectivity index (χ0) is 12.1. The van der Waals surface area contributed by atoms with Crippen LogP contribution in [0.1, 0.15) is 0 Å². The molecule has 3 heteroatoms. The van der Waals surface area contributed by atoms with Gasteiger partial charge in [-0.15, -0.1) is 0 Å². The summed E-state index contributed by atoms with van der Waals surface area (Å²) in [7, 11) is 0. The number of benzene rings is 2. The zero-order valence-electron chi connectivity index (χ0n) is 9.40. The van der Waals surface area contributed by atoms with Crippen LogP contribution >= 0.6 is 15.9 Å². The first-order valence-corrected chi connectivity index (χ1v) is 6.35. The Kier molecular flexibility index (Phi) is 4.18. The molecule has 0 fully saturated rings. The standard InChI is InChI=1S/C14H14BrNO/c15-8-11(9-16)10-17-14-7-3-5-12-4-1-2-6-13(12)14/h1-8H,9-10,16H2. The molecular formula is C14H14BrNO. The van der Waals surface area contributed by atoms with E-state index in [2.05, 4.69) is 34.1 Å². The van der Waals surface area contributed by atoms with Crippen LogP contribution in [0.3, 0.4) is 0 Å². The van der Waals surface area contributed by atoms with Crippen molar-refractivity contribution in [3.05, 3.63) is 53.0 Å². The van der Waals surface area contributed by atoms with E-state index >= 15 is 0 Å². The number of rotatable bonds is 4. The third-order valence-electron chi connectivity index (χ3n) is 2.58. The highest BCUT2D eigenvalue weighted by atomic mass is 79.9. The van der Waals surface area contributed by atoms with Crippen molar-refractivity contribution in [1.82, 2.24) is 0 Å². The highest BCUT2D eigenvalue weighted by molar-refractivity contribution is 9.11. The molecule has 0 aliphatic carbocycles. The summed E-state index contributed by atoms with van der Waals surface area (Å²) in [6.45, 7) is 1.01. The number of fused-ring (bicyclic) bond motifs is 1. The maximum absolute atomic E-state index is 5.78. The van der Waals surface area contributed by atoms with Crippen molar-refractivity contribution in [1.29, 1.82) is 0 Å². The van der Waals surface area contributed by atoms with Crippen LogP contribution < -0.4 is 10.5 Å². The van der Waals surface area contributed by atoms with Crippen LogP contribution in [-0.2, 0) is 0 Å². The van der Waals surface area contributed by atoms with Gasteiger partial charge in [-0.2, -0.15) is 0 Å². The third-order valence-corrected chi connectivity index (χ3v) is 3.23. The number of ether oxygens (including phenoxy) is 1. The first kappa shape index (κ1) is 12.1. The number of hydrogen-bond donors (Lipinski definition) is 1. The van der Waals surface area contributed by atoms with Gasteiger partial charge in [-0.3, -0.25) is 0 Å². The van der Waals surface area contributed by atoms with Gasteiger partial charge in [-0.1, -0.05) is 52.3 Å². The van der Waals surface area contributed by atoms with Crippen molar-refractivity contribution in [2.24, 2.45) is 5.73 Å². The van der Waals surface area contributed by atoms with E-state index in [1.165, 1.54) is 5.39 Å². The molecule has 0 saturated heterocycles. The molecule has 0 aromatic heterocycles. The molecule has 2 aromatic rings. The van der Waals surface area contributed by atoms with Gasteiger partial charge in [0.1, 0.15) is 12.4 Å². The molecule has 0 atom stereocenters. The molecule has 2 aromatic carbocycles. The minimum atomic E-state index is 0.496. The average Bonchev–Trinajstić information content (AvgIpc) is 2.40. The van der Waals surface area contributed by atoms with Gasteiger partial charge in [0, 0.05) is 11.9 Å². The lowest BCUT2D eigenvalue weighted by molar-refractivity contribution is 0.355. The lowest BCUT2D eigenvalue weighted by Gasteiger charge is -2.10. The van der Waals surface area contributed by atoms with E-state index in [0.29, 0.717) is 13.2 Å². The Balaban J connectivity index is 2.24. The van der Waals surface area contributed by atoms with Gasteiger partial charge in [0.15, 0.2) is 0 Å².